The molecule has 1 N–H and O–H groups in total. The lowest BCUT2D eigenvalue weighted by atomic mass is 10.1. The fourth-order valence-corrected chi connectivity index (χ4v) is 1.94. The van der Waals surface area contributed by atoms with Gasteiger partial charge in [-0.05, 0) is 0 Å². The van der Waals surface area contributed by atoms with Crippen molar-refractivity contribution >= 4 is 5.82 Å². The van der Waals surface area contributed by atoms with Crippen LogP contribution in [0.5, 0.6) is 0 Å². The van der Waals surface area contributed by atoms with Gasteiger partial charge in [-0.2, -0.15) is 0 Å². The molecule has 0 aliphatic carbocycles. The second kappa shape index (κ2) is 6.72. The summed E-state index contributed by atoms with van der Waals surface area (Å²) >= 11 is 0. The molecule has 0 saturated heterocycles. The number of halogens is 2. The van der Waals surface area contributed by atoms with E-state index in [4.69, 9.17) is 9.47 Å². The van der Waals surface area contributed by atoms with Crippen LogP contribution in [-0.2, 0) is 28.9 Å². The highest BCUT2D eigenvalue weighted by Gasteiger charge is 2.17. The third-order valence-corrected chi connectivity index (χ3v) is 2.82. The molecule has 2 heterocycles. The Morgan fingerprint density at radius 1 is 1.42 bits per heavy atom. The summed E-state index contributed by atoms with van der Waals surface area (Å²) in [6, 6.07) is 0. The number of hydrogen-bond donors (Lipinski definition) is 1. The Morgan fingerprint density at radius 2 is 2.26 bits per heavy atom. The molecule has 0 spiro atoms. The summed E-state index contributed by atoms with van der Waals surface area (Å²) in [4.78, 5) is 8.79. The number of ether oxygens (including phenoxy) is 2. The molecule has 1 aliphatic rings. The molecule has 0 atom stereocenters. The van der Waals surface area contributed by atoms with Crippen LogP contribution in [0.15, 0.2) is 0 Å². The minimum atomic E-state index is -2.44. The summed E-state index contributed by atoms with van der Waals surface area (Å²) < 4.78 is 34.1. The Kier molecular flexibility index (Phi) is 4.98. The number of fused-ring (bicyclic) bond motifs is 1. The number of aromatic nitrogens is 2. The molecule has 2 rings (SSSR count). The van der Waals surface area contributed by atoms with E-state index < -0.39 is 13.0 Å². The van der Waals surface area contributed by atoms with Crippen molar-refractivity contribution in [2.75, 3.05) is 32.2 Å². The minimum absolute atomic E-state index is 0.197. The summed E-state index contributed by atoms with van der Waals surface area (Å²) in [5, 5.41) is 3.01. The summed E-state index contributed by atoms with van der Waals surface area (Å²) in [7, 11) is 1.79. The predicted molar refractivity (Wildman–Crippen MR) is 65.5 cm³/mol. The van der Waals surface area contributed by atoms with E-state index in [1.165, 1.54) is 0 Å². The zero-order valence-corrected chi connectivity index (χ0v) is 10.8. The summed E-state index contributed by atoms with van der Waals surface area (Å²) in [6.07, 6.45) is -1.26. The summed E-state index contributed by atoms with van der Waals surface area (Å²) in [6.45, 7) is 0.808. The normalized spacial score (nSPS) is 14.5. The SMILES string of the molecule is CNc1nc(CCOCC(F)F)nc2c1COCC2. The van der Waals surface area contributed by atoms with Gasteiger partial charge in [-0.15, -0.1) is 0 Å². The summed E-state index contributed by atoms with van der Waals surface area (Å²) in [5.41, 5.74) is 1.94. The zero-order valence-electron chi connectivity index (χ0n) is 10.8. The Hall–Kier alpha value is -1.34. The van der Waals surface area contributed by atoms with Crippen LogP contribution < -0.4 is 5.32 Å². The highest BCUT2D eigenvalue weighted by molar-refractivity contribution is 5.46. The van der Waals surface area contributed by atoms with Crippen LogP contribution in [0.1, 0.15) is 17.1 Å². The van der Waals surface area contributed by atoms with E-state index in [-0.39, 0.29) is 6.61 Å². The maximum Gasteiger partial charge on any atom is 0.261 e. The molecule has 0 aromatic carbocycles. The Bertz CT molecular complexity index is 412. The summed E-state index contributed by atoms with van der Waals surface area (Å²) in [5.74, 6) is 1.35. The first-order valence-corrected chi connectivity index (χ1v) is 6.20. The zero-order chi connectivity index (χ0) is 13.7. The molecule has 5 nitrogen and oxygen atoms in total. The Morgan fingerprint density at radius 3 is 3.00 bits per heavy atom. The maximum absolute atomic E-state index is 11.9. The molecule has 0 bridgehead atoms. The highest BCUT2D eigenvalue weighted by Crippen LogP contribution is 2.21. The molecular weight excluding hydrogens is 256 g/mol. The van der Waals surface area contributed by atoms with E-state index in [9.17, 15) is 8.78 Å². The van der Waals surface area contributed by atoms with E-state index in [1.54, 1.807) is 7.05 Å². The van der Waals surface area contributed by atoms with Crippen LogP contribution in [0.25, 0.3) is 0 Å². The average Bonchev–Trinajstić information content (AvgIpc) is 2.42. The molecule has 0 fully saturated rings. The van der Waals surface area contributed by atoms with Crippen molar-refractivity contribution in [3.8, 4) is 0 Å². The predicted octanol–water partition coefficient (Wildman–Crippen LogP) is 1.42. The third-order valence-electron chi connectivity index (χ3n) is 2.82. The van der Waals surface area contributed by atoms with Crippen LogP contribution in [0.2, 0.25) is 0 Å². The van der Waals surface area contributed by atoms with Gasteiger partial charge in [-0.25, -0.2) is 18.7 Å². The number of alkyl halides is 2. The van der Waals surface area contributed by atoms with Crippen molar-refractivity contribution in [3.05, 3.63) is 17.1 Å². The van der Waals surface area contributed by atoms with Crippen molar-refractivity contribution in [3.63, 3.8) is 0 Å². The topological polar surface area (TPSA) is 56.3 Å². The molecule has 1 aliphatic heterocycles. The number of rotatable bonds is 6. The van der Waals surface area contributed by atoms with Crippen molar-refractivity contribution in [1.82, 2.24) is 9.97 Å². The smallest absolute Gasteiger partial charge is 0.261 e. The van der Waals surface area contributed by atoms with Crippen LogP contribution in [0.4, 0.5) is 14.6 Å². The van der Waals surface area contributed by atoms with Crippen LogP contribution in [0.3, 0.4) is 0 Å². The van der Waals surface area contributed by atoms with Gasteiger partial charge in [-0.1, -0.05) is 0 Å². The molecule has 0 unspecified atom stereocenters. The largest absolute Gasteiger partial charge is 0.376 e. The molecule has 0 radical (unpaired) electrons. The standard InChI is InChI=1S/C12H17F2N3O2/c1-15-12-8-6-18-4-2-9(8)16-11(17-12)3-5-19-7-10(13)14/h10H,2-7H2,1H3,(H,15,16,17). The fourth-order valence-electron chi connectivity index (χ4n) is 1.94. The molecule has 19 heavy (non-hydrogen) atoms. The van der Waals surface area contributed by atoms with Crippen LogP contribution in [-0.4, -0.2) is 43.3 Å². The second-order valence-electron chi connectivity index (χ2n) is 4.18. The fraction of sp³-hybridized carbons (Fsp3) is 0.667. The monoisotopic (exact) mass is 273 g/mol. The number of anilines is 1. The number of hydrogen-bond acceptors (Lipinski definition) is 5. The molecule has 7 heteroatoms. The minimum Gasteiger partial charge on any atom is -0.376 e. The molecule has 0 amide bonds. The van der Waals surface area contributed by atoms with Gasteiger partial charge in [0.15, 0.2) is 0 Å². The Labute approximate surface area is 110 Å². The number of nitrogens with zero attached hydrogens (tertiary/aromatic N) is 2. The molecule has 0 saturated carbocycles. The Balaban J connectivity index is 2.01. The van der Waals surface area contributed by atoms with Gasteiger partial charge in [0.25, 0.3) is 6.43 Å². The average molecular weight is 273 g/mol. The lowest BCUT2D eigenvalue weighted by molar-refractivity contribution is 0.0182. The van der Waals surface area contributed by atoms with Crippen molar-refractivity contribution < 1.29 is 18.3 Å². The molecular formula is C12H17F2N3O2. The first-order chi connectivity index (χ1) is 9.20. The van der Waals surface area contributed by atoms with Crippen molar-refractivity contribution in [1.29, 1.82) is 0 Å². The van der Waals surface area contributed by atoms with Crippen LogP contribution >= 0.6 is 0 Å². The van der Waals surface area contributed by atoms with Crippen LogP contribution in [0, 0.1) is 0 Å². The van der Waals surface area contributed by atoms with E-state index in [1.807, 2.05) is 0 Å². The van der Waals surface area contributed by atoms with Gasteiger partial charge < -0.3 is 14.8 Å². The van der Waals surface area contributed by atoms with Gasteiger partial charge in [-0.3, -0.25) is 0 Å². The van der Waals surface area contributed by atoms with E-state index in [2.05, 4.69) is 15.3 Å². The third kappa shape index (κ3) is 3.81. The first-order valence-electron chi connectivity index (χ1n) is 6.20. The van der Waals surface area contributed by atoms with Crippen molar-refractivity contribution in [2.24, 2.45) is 0 Å². The van der Waals surface area contributed by atoms with Gasteiger partial charge in [0.1, 0.15) is 18.2 Å². The lowest BCUT2D eigenvalue weighted by Gasteiger charge is -2.19. The van der Waals surface area contributed by atoms with E-state index >= 15 is 0 Å². The van der Waals surface area contributed by atoms with Crippen molar-refractivity contribution in [2.45, 2.75) is 25.9 Å². The van der Waals surface area contributed by atoms with Gasteiger partial charge in [0.05, 0.1) is 25.5 Å². The van der Waals surface area contributed by atoms with Gasteiger partial charge in [0.2, 0.25) is 0 Å². The maximum atomic E-state index is 11.9. The van der Waals surface area contributed by atoms with E-state index in [0.717, 1.165) is 23.5 Å². The lowest BCUT2D eigenvalue weighted by Crippen LogP contribution is -2.18. The first kappa shape index (κ1) is 14.1. The van der Waals surface area contributed by atoms with Gasteiger partial charge in [0, 0.05) is 25.5 Å². The molecule has 106 valence electrons. The van der Waals surface area contributed by atoms with Gasteiger partial charge >= 0.3 is 0 Å². The van der Waals surface area contributed by atoms with E-state index in [0.29, 0.717) is 25.5 Å². The number of nitrogens with one attached hydrogen (secondary N) is 1. The molecule has 1 aromatic rings. The highest BCUT2D eigenvalue weighted by atomic mass is 19.3. The molecule has 1 aromatic heterocycles. The second-order valence-corrected chi connectivity index (χ2v) is 4.18. The quantitative estimate of drug-likeness (QED) is 0.794.